The van der Waals surface area contributed by atoms with Crippen molar-refractivity contribution in [3.8, 4) is 11.3 Å². The molecule has 2 rings (SSSR count). The lowest BCUT2D eigenvalue weighted by Gasteiger charge is -2.12. The first-order valence-electron chi connectivity index (χ1n) is 5.64. The van der Waals surface area contributed by atoms with E-state index in [1.54, 1.807) is 19.2 Å². The van der Waals surface area contributed by atoms with Gasteiger partial charge in [0.2, 0.25) is 0 Å². The Morgan fingerprint density at radius 2 is 2.11 bits per heavy atom. The molecule has 1 heterocycles. The van der Waals surface area contributed by atoms with Crippen LogP contribution in [0.2, 0.25) is 0 Å². The van der Waals surface area contributed by atoms with Crippen molar-refractivity contribution in [2.75, 3.05) is 12.4 Å². The van der Waals surface area contributed by atoms with Crippen molar-refractivity contribution in [3.63, 3.8) is 0 Å². The van der Waals surface area contributed by atoms with Crippen molar-refractivity contribution in [1.82, 2.24) is 9.97 Å². The van der Waals surface area contributed by atoms with Crippen molar-refractivity contribution in [3.05, 3.63) is 40.4 Å². The van der Waals surface area contributed by atoms with Crippen LogP contribution < -0.4 is 5.32 Å². The van der Waals surface area contributed by atoms with E-state index in [0.717, 1.165) is 22.3 Å². The van der Waals surface area contributed by atoms with Gasteiger partial charge in [0, 0.05) is 22.6 Å². The monoisotopic (exact) mass is 309 g/mol. The minimum atomic E-state index is -0.284. The van der Waals surface area contributed by atoms with Gasteiger partial charge in [0.05, 0.1) is 5.69 Å². The molecular weight excluding hydrogens is 297 g/mol. The molecule has 0 saturated carbocycles. The fourth-order valence-electron chi connectivity index (χ4n) is 1.87. The molecule has 0 radical (unpaired) electrons. The fourth-order valence-corrected chi connectivity index (χ4v) is 2.23. The molecule has 0 atom stereocenters. The second-order valence-corrected chi connectivity index (χ2v) is 4.69. The van der Waals surface area contributed by atoms with Gasteiger partial charge >= 0.3 is 0 Å². The Hall–Kier alpha value is -1.49. The first-order chi connectivity index (χ1) is 8.67. The molecule has 1 aromatic heterocycles. The summed E-state index contributed by atoms with van der Waals surface area (Å²) in [6.07, 6.45) is 2.18. The van der Waals surface area contributed by atoms with Crippen molar-refractivity contribution in [2.45, 2.75) is 13.3 Å². The molecule has 2 aromatic rings. The number of nitrogens with one attached hydrogen (secondary N) is 1. The zero-order chi connectivity index (χ0) is 13.1. The summed E-state index contributed by atoms with van der Waals surface area (Å²) in [5.74, 6) is 0.454. The maximum Gasteiger partial charge on any atom is 0.132 e. The first-order valence-corrected chi connectivity index (χ1v) is 6.43. The van der Waals surface area contributed by atoms with Gasteiger partial charge < -0.3 is 5.32 Å². The van der Waals surface area contributed by atoms with Crippen LogP contribution in [0.3, 0.4) is 0 Å². The fraction of sp³-hybridized carbons (Fsp3) is 0.231. The lowest BCUT2D eigenvalue weighted by Crippen LogP contribution is -2.03. The summed E-state index contributed by atoms with van der Waals surface area (Å²) in [5, 5.41) is 3.01. The van der Waals surface area contributed by atoms with Gasteiger partial charge in [-0.25, -0.2) is 14.4 Å². The highest BCUT2D eigenvalue weighted by Gasteiger charge is 2.14. The van der Waals surface area contributed by atoms with Crippen molar-refractivity contribution in [1.29, 1.82) is 0 Å². The number of aromatic nitrogens is 2. The SMILES string of the molecule is CCc1c(NC)ncnc1-c1cc(Br)ccc1F. The predicted octanol–water partition coefficient (Wildman–Crippen LogP) is 3.65. The molecule has 18 heavy (non-hydrogen) atoms. The molecule has 0 spiro atoms. The molecule has 0 aliphatic rings. The van der Waals surface area contributed by atoms with Crippen molar-refractivity contribution < 1.29 is 4.39 Å². The third kappa shape index (κ3) is 2.36. The van der Waals surface area contributed by atoms with Crippen LogP contribution in [0.1, 0.15) is 12.5 Å². The quantitative estimate of drug-likeness (QED) is 0.940. The highest BCUT2D eigenvalue weighted by molar-refractivity contribution is 9.10. The standard InChI is InChI=1S/C13H13BrFN3/c1-3-9-12(17-7-18-13(9)16-2)10-6-8(14)4-5-11(10)15/h4-7H,3H2,1-2H3,(H,16,17,18). The summed E-state index contributed by atoms with van der Waals surface area (Å²) in [4.78, 5) is 8.37. The smallest absolute Gasteiger partial charge is 0.132 e. The molecule has 0 aliphatic heterocycles. The molecule has 5 heteroatoms. The Kier molecular flexibility index (Phi) is 3.91. The van der Waals surface area contributed by atoms with Gasteiger partial charge in [-0.2, -0.15) is 0 Å². The van der Waals surface area contributed by atoms with Crippen LogP contribution in [0.4, 0.5) is 10.2 Å². The normalized spacial score (nSPS) is 10.4. The lowest BCUT2D eigenvalue weighted by molar-refractivity contribution is 0.630. The second kappa shape index (κ2) is 5.44. The van der Waals surface area contributed by atoms with Crippen molar-refractivity contribution >= 4 is 21.7 Å². The summed E-state index contributed by atoms with van der Waals surface area (Å²) in [7, 11) is 1.79. The maximum absolute atomic E-state index is 13.9. The van der Waals surface area contributed by atoms with E-state index in [1.165, 1.54) is 12.4 Å². The molecule has 0 saturated heterocycles. The van der Waals surface area contributed by atoms with Crippen LogP contribution >= 0.6 is 15.9 Å². The number of anilines is 1. The number of benzene rings is 1. The Morgan fingerprint density at radius 3 is 2.78 bits per heavy atom. The average Bonchev–Trinajstić information content (AvgIpc) is 2.40. The highest BCUT2D eigenvalue weighted by Crippen LogP contribution is 2.30. The number of halogens is 2. The Labute approximate surface area is 114 Å². The van der Waals surface area contributed by atoms with Crippen LogP contribution in [0, 0.1) is 5.82 Å². The third-order valence-corrected chi connectivity index (χ3v) is 3.21. The Balaban J connectivity index is 2.66. The minimum Gasteiger partial charge on any atom is -0.373 e. The molecule has 3 nitrogen and oxygen atoms in total. The van der Waals surface area contributed by atoms with Gasteiger partial charge in [-0.1, -0.05) is 22.9 Å². The molecule has 0 aliphatic carbocycles. The second-order valence-electron chi connectivity index (χ2n) is 3.78. The van der Waals surface area contributed by atoms with Crippen LogP contribution in [-0.4, -0.2) is 17.0 Å². The third-order valence-electron chi connectivity index (χ3n) is 2.72. The van der Waals surface area contributed by atoms with E-state index in [-0.39, 0.29) is 5.82 Å². The molecular formula is C13H13BrFN3. The van der Waals surface area contributed by atoms with Gasteiger partial charge in [0.1, 0.15) is 18.0 Å². The average molecular weight is 310 g/mol. The summed E-state index contributed by atoms with van der Waals surface area (Å²) in [6.45, 7) is 2.00. The van der Waals surface area contributed by atoms with Crippen molar-refractivity contribution in [2.24, 2.45) is 0 Å². The largest absolute Gasteiger partial charge is 0.373 e. The summed E-state index contributed by atoms with van der Waals surface area (Å²) < 4.78 is 14.7. The van der Waals surface area contributed by atoms with Crippen LogP contribution in [0.15, 0.2) is 29.0 Å². The van der Waals surface area contributed by atoms with E-state index in [4.69, 9.17) is 0 Å². The molecule has 0 fully saturated rings. The van der Waals surface area contributed by atoms with Gasteiger partial charge in [-0.15, -0.1) is 0 Å². The van der Waals surface area contributed by atoms with E-state index in [0.29, 0.717) is 11.3 Å². The predicted molar refractivity (Wildman–Crippen MR) is 74.1 cm³/mol. The van der Waals surface area contributed by atoms with Crippen LogP contribution in [0.5, 0.6) is 0 Å². The van der Waals surface area contributed by atoms with E-state index in [1.807, 2.05) is 6.92 Å². The Morgan fingerprint density at radius 1 is 1.33 bits per heavy atom. The number of nitrogens with zero attached hydrogens (tertiary/aromatic N) is 2. The molecule has 1 aromatic carbocycles. The highest BCUT2D eigenvalue weighted by atomic mass is 79.9. The first kappa shape index (κ1) is 13.0. The Bertz CT molecular complexity index is 572. The van der Waals surface area contributed by atoms with E-state index < -0.39 is 0 Å². The summed E-state index contributed by atoms with van der Waals surface area (Å²) in [6, 6.07) is 4.83. The van der Waals surface area contributed by atoms with Gasteiger partial charge in [0.15, 0.2) is 0 Å². The minimum absolute atomic E-state index is 0.284. The molecule has 0 amide bonds. The van der Waals surface area contributed by atoms with Gasteiger partial charge in [0.25, 0.3) is 0 Å². The molecule has 94 valence electrons. The zero-order valence-electron chi connectivity index (χ0n) is 10.2. The van der Waals surface area contributed by atoms with Crippen LogP contribution in [0.25, 0.3) is 11.3 Å². The zero-order valence-corrected chi connectivity index (χ0v) is 11.8. The molecule has 0 bridgehead atoms. The molecule has 1 N–H and O–H groups in total. The van der Waals surface area contributed by atoms with Gasteiger partial charge in [-0.3, -0.25) is 0 Å². The topological polar surface area (TPSA) is 37.8 Å². The summed E-state index contributed by atoms with van der Waals surface area (Å²) in [5.41, 5.74) is 2.03. The lowest BCUT2D eigenvalue weighted by atomic mass is 10.0. The molecule has 0 unspecified atom stereocenters. The van der Waals surface area contributed by atoms with Crippen LogP contribution in [-0.2, 0) is 6.42 Å². The van der Waals surface area contributed by atoms with E-state index in [9.17, 15) is 4.39 Å². The number of hydrogen-bond acceptors (Lipinski definition) is 3. The van der Waals surface area contributed by atoms with E-state index in [2.05, 4.69) is 31.2 Å². The van der Waals surface area contributed by atoms with E-state index >= 15 is 0 Å². The maximum atomic E-state index is 13.9. The number of hydrogen-bond donors (Lipinski definition) is 1. The summed E-state index contributed by atoms with van der Waals surface area (Å²) >= 11 is 3.35. The van der Waals surface area contributed by atoms with Gasteiger partial charge in [-0.05, 0) is 24.6 Å². The number of rotatable bonds is 3.